The molecule has 1 heterocycles. The number of hydrogen-bond acceptors (Lipinski definition) is 2. The van der Waals surface area contributed by atoms with Crippen molar-refractivity contribution in [1.82, 2.24) is 0 Å². The second-order valence-electron chi connectivity index (χ2n) is 8.89. The lowest BCUT2D eigenvalue weighted by Gasteiger charge is -2.27. The van der Waals surface area contributed by atoms with Crippen LogP contribution in [0.25, 0.3) is 21.9 Å². The fourth-order valence-corrected chi connectivity index (χ4v) is 4.21. The van der Waals surface area contributed by atoms with Gasteiger partial charge in [-0.25, -0.2) is 0 Å². The summed E-state index contributed by atoms with van der Waals surface area (Å²) in [5.41, 5.74) is 6.36. The molecule has 0 unspecified atom stereocenters. The largest absolute Gasteiger partial charge is 0.456 e. The van der Waals surface area contributed by atoms with E-state index in [-0.39, 0.29) is 5.41 Å². The molecule has 2 nitrogen and oxygen atoms in total. The summed E-state index contributed by atoms with van der Waals surface area (Å²) in [7, 11) is 0. The van der Waals surface area contributed by atoms with E-state index in [4.69, 9.17) is 16.0 Å². The monoisotopic (exact) mass is 425 g/mol. The Kier molecular flexibility index (Phi) is 4.75. The van der Waals surface area contributed by atoms with Crippen LogP contribution in [0.2, 0.25) is 5.02 Å². The Bertz CT molecular complexity index is 1380. The zero-order chi connectivity index (χ0) is 21.6. The Morgan fingerprint density at radius 3 is 2.06 bits per heavy atom. The second-order valence-corrected chi connectivity index (χ2v) is 9.33. The first-order chi connectivity index (χ1) is 14.9. The van der Waals surface area contributed by atoms with Gasteiger partial charge < -0.3 is 9.32 Å². The molecule has 3 heteroatoms. The zero-order valence-corrected chi connectivity index (χ0v) is 18.6. The summed E-state index contributed by atoms with van der Waals surface area (Å²) >= 11 is 6.36. The van der Waals surface area contributed by atoms with Crippen molar-refractivity contribution in [2.45, 2.75) is 26.2 Å². The van der Waals surface area contributed by atoms with Crippen LogP contribution in [0.4, 0.5) is 17.1 Å². The molecule has 154 valence electrons. The van der Waals surface area contributed by atoms with Crippen LogP contribution >= 0.6 is 11.6 Å². The highest BCUT2D eigenvalue weighted by atomic mass is 35.5. The van der Waals surface area contributed by atoms with E-state index in [1.165, 1.54) is 5.56 Å². The minimum Gasteiger partial charge on any atom is -0.456 e. The molecule has 5 rings (SSSR count). The molecular formula is C28H24ClNO. The molecule has 5 aromatic rings. The van der Waals surface area contributed by atoms with Gasteiger partial charge >= 0.3 is 0 Å². The van der Waals surface area contributed by atoms with Gasteiger partial charge in [-0.05, 0) is 65.6 Å². The number of benzene rings is 4. The van der Waals surface area contributed by atoms with Crippen molar-refractivity contribution in [2.75, 3.05) is 4.90 Å². The highest BCUT2D eigenvalue weighted by Crippen LogP contribution is 2.39. The zero-order valence-electron chi connectivity index (χ0n) is 17.9. The van der Waals surface area contributed by atoms with Crippen molar-refractivity contribution in [2.24, 2.45) is 0 Å². The first-order valence-corrected chi connectivity index (χ1v) is 10.9. The van der Waals surface area contributed by atoms with Gasteiger partial charge in [0.2, 0.25) is 0 Å². The van der Waals surface area contributed by atoms with E-state index in [1.54, 1.807) is 0 Å². The van der Waals surface area contributed by atoms with E-state index in [0.29, 0.717) is 5.02 Å². The Labute approximate surface area is 187 Å². The molecule has 0 bridgehead atoms. The number of nitrogens with zero attached hydrogens (tertiary/aromatic N) is 1. The number of rotatable bonds is 3. The number of hydrogen-bond donors (Lipinski definition) is 0. The molecule has 4 aromatic carbocycles. The molecule has 0 amide bonds. The number of para-hydroxylation sites is 1. The lowest BCUT2D eigenvalue weighted by molar-refractivity contribution is 0.590. The van der Waals surface area contributed by atoms with Gasteiger partial charge in [0.25, 0.3) is 0 Å². The molecule has 0 saturated heterocycles. The van der Waals surface area contributed by atoms with Crippen LogP contribution in [0.15, 0.2) is 95.4 Å². The van der Waals surface area contributed by atoms with Gasteiger partial charge in [-0.1, -0.05) is 68.8 Å². The third-order valence-corrected chi connectivity index (χ3v) is 5.91. The van der Waals surface area contributed by atoms with Crippen molar-refractivity contribution in [3.05, 3.63) is 102 Å². The van der Waals surface area contributed by atoms with Gasteiger partial charge in [0.05, 0.1) is 0 Å². The smallest absolute Gasteiger partial charge is 0.135 e. The summed E-state index contributed by atoms with van der Waals surface area (Å²) < 4.78 is 6.03. The predicted molar refractivity (Wildman–Crippen MR) is 132 cm³/mol. The summed E-state index contributed by atoms with van der Waals surface area (Å²) in [4.78, 5) is 2.24. The van der Waals surface area contributed by atoms with E-state index in [2.05, 4.69) is 74.2 Å². The third-order valence-electron chi connectivity index (χ3n) is 5.68. The second kappa shape index (κ2) is 7.47. The van der Waals surface area contributed by atoms with E-state index in [1.807, 2.05) is 42.5 Å². The number of anilines is 3. The molecule has 31 heavy (non-hydrogen) atoms. The Balaban J connectivity index is 1.70. The fourth-order valence-electron chi connectivity index (χ4n) is 4.03. The first kappa shape index (κ1) is 19.7. The molecule has 0 atom stereocenters. The summed E-state index contributed by atoms with van der Waals surface area (Å²) in [6.07, 6.45) is 0. The van der Waals surface area contributed by atoms with Crippen molar-refractivity contribution in [3.8, 4) is 0 Å². The van der Waals surface area contributed by atoms with Crippen LogP contribution in [-0.2, 0) is 5.41 Å². The molecule has 0 spiro atoms. The molecule has 0 radical (unpaired) electrons. The Hall–Kier alpha value is -3.23. The van der Waals surface area contributed by atoms with Crippen molar-refractivity contribution >= 4 is 50.6 Å². The highest BCUT2D eigenvalue weighted by molar-refractivity contribution is 6.30. The predicted octanol–water partition coefficient (Wildman–Crippen LogP) is 9.01. The third kappa shape index (κ3) is 3.68. The van der Waals surface area contributed by atoms with Crippen LogP contribution in [0.5, 0.6) is 0 Å². The van der Waals surface area contributed by atoms with E-state index in [9.17, 15) is 0 Å². The average Bonchev–Trinajstić information content (AvgIpc) is 3.12. The maximum atomic E-state index is 6.36. The Morgan fingerprint density at radius 1 is 0.645 bits per heavy atom. The minimum absolute atomic E-state index is 0.105. The Morgan fingerprint density at radius 2 is 1.32 bits per heavy atom. The topological polar surface area (TPSA) is 16.4 Å². The maximum absolute atomic E-state index is 6.36. The summed E-state index contributed by atoms with van der Waals surface area (Å²) in [6.45, 7) is 6.69. The molecule has 0 saturated carbocycles. The normalized spacial score (nSPS) is 11.9. The maximum Gasteiger partial charge on any atom is 0.135 e. The molecule has 0 N–H and O–H groups in total. The molecule has 0 aliphatic carbocycles. The molecule has 0 aliphatic rings. The van der Waals surface area contributed by atoms with Gasteiger partial charge in [-0.15, -0.1) is 0 Å². The van der Waals surface area contributed by atoms with Crippen molar-refractivity contribution in [3.63, 3.8) is 0 Å². The lowest BCUT2D eigenvalue weighted by Crippen LogP contribution is -2.13. The van der Waals surface area contributed by atoms with Crippen LogP contribution in [0.1, 0.15) is 26.3 Å². The summed E-state index contributed by atoms with van der Waals surface area (Å²) in [6, 6.07) is 31.2. The summed E-state index contributed by atoms with van der Waals surface area (Å²) in [5, 5.41) is 2.93. The van der Waals surface area contributed by atoms with Gasteiger partial charge in [0, 0.05) is 32.9 Å². The van der Waals surface area contributed by atoms with Crippen molar-refractivity contribution < 1.29 is 4.42 Å². The molecule has 0 aliphatic heterocycles. The lowest BCUT2D eigenvalue weighted by atomic mass is 9.87. The quantitative estimate of drug-likeness (QED) is 0.286. The van der Waals surface area contributed by atoms with Crippen LogP contribution in [-0.4, -0.2) is 0 Å². The first-order valence-electron chi connectivity index (χ1n) is 10.5. The molecular weight excluding hydrogens is 402 g/mol. The standard InChI is InChI=1S/C28H24ClNO/c1-28(2,3)19-11-13-21(14-12-19)30(22-8-6-7-20(29)17-22)23-15-16-27-25(18-23)24-9-4-5-10-26(24)31-27/h4-18H,1-3H3. The number of furan rings is 1. The molecule has 0 fully saturated rings. The highest BCUT2D eigenvalue weighted by Gasteiger charge is 2.18. The van der Waals surface area contributed by atoms with Gasteiger partial charge in [0.15, 0.2) is 0 Å². The average molecular weight is 426 g/mol. The minimum atomic E-state index is 0.105. The van der Waals surface area contributed by atoms with Gasteiger partial charge in [-0.2, -0.15) is 0 Å². The van der Waals surface area contributed by atoms with Crippen molar-refractivity contribution in [1.29, 1.82) is 0 Å². The summed E-state index contributed by atoms with van der Waals surface area (Å²) in [5.74, 6) is 0. The van der Waals surface area contributed by atoms with Crippen LogP contribution < -0.4 is 4.90 Å². The SMILES string of the molecule is CC(C)(C)c1ccc(N(c2cccc(Cl)c2)c2ccc3oc4ccccc4c3c2)cc1. The van der Waals surface area contributed by atoms with E-state index in [0.717, 1.165) is 39.0 Å². The van der Waals surface area contributed by atoms with E-state index >= 15 is 0 Å². The van der Waals surface area contributed by atoms with Gasteiger partial charge in [-0.3, -0.25) is 0 Å². The number of halogens is 1. The van der Waals surface area contributed by atoms with E-state index < -0.39 is 0 Å². The van der Waals surface area contributed by atoms with Crippen LogP contribution in [0.3, 0.4) is 0 Å². The fraction of sp³-hybridized carbons (Fsp3) is 0.143. The van der Waals surface area contributed by atoms with Crippen LogP contribution in [0, 0.1) is 0 Å². The van der Waals surface area contributed by atoms with Gasteiger partial charge in [0.1, 0.15) is 11.2 Å². The molecule has 1 aromatic heterocycles. The number of fused-ring (bicyclic) bond motifs is 3.